The summed E-state index contributed by atoms with van der Waals surface area (Å²) in [6.45, 7) is 2.04. The van der Waals surface area contributed by atoms with Gasteiger partial charge in [0.25, 0.3) is 0 Å². The Labute approximate surface area is 77.1 Å². The summed E-state index contributed by atoms with van der Waals surface area (Å²) in [5.41, 5.74) is 1.26. The molecular weight excluding hydrogens is 352 g/mol. The first-order chi connectivity index (χ1) is 4.81. The first kappa shape index (κ1) is 10.4. The van der Waals surface area contributed by atoms with Gasteiger partial charge in [0.05, 0.1) is 0 Å². The molecule has 0 amide bonds. The average Bonchev–Trinajstić information content (AvgIpc) is 1.91. The Morgan fingerprint density at radius 3 is 1.90 bits per heavy atom. The maximum atomic E-state index is 4.88. The first-order valence-corrected chi connectivity index (χ1v) is 8.13. The number of aromatic nitrogens is 1. The van der Waals surface area contributed by atoms with E-state index >= 15 is 0 Å². The van der Waals surface area contributed by atoms with Crippen LogP contribution in [-0.2, 0) is 16.5 Å². The molecule has 4 heteroatoms. The molecule has 1 nitrogen and oxygen atoms in total. The Morgan fingerprint density at radius 2 is 1.70 bits per heavy atom. The molecule has 0 aliphatic rings. The summed E-state index contributed by atoms with van der Waals surface area (Å²) in [6.07, 6.45) is 3.57. The fourth-order valence-electron chi connectivity index (χ4n) is 0.426. The Morgan fingerprint density at radius 1 is 1.30 bits per heavy atom. The van der Waals surface area contributed by atoms with Gasteiger partial charge in [0.2, 0.25) is 0 Å². The zero-order valence-corrected chi connectivity index (χ0v) is 9.11. The van der Waals surface area contributed by atoms with Crippen molar-refractivity contribution in [1.29, 1.82) is 0 Å². The van der Waals surface area contributed by atoms with Crippen molar-refractivity contribution in [2.45, 2.75) is 6.92 Å². The van der Waals surface area contributed by atoms with Gasteiger partial charge >= 0.3 is 35.3 Å². The van der Waals surface area contributed by atoms with Crippen LogP contribution in [0.15, 0.2) is 24.5 Å². The van der Waals surface area contributed by atoms with Gasteiger partial charge in [0.1, 0.15) is 0 Å². The molecule has 10 heavy (non-hydrogen) atoms. The van der Waals surface area contributed by atoms with E-state index < -0.39 is 16.5 Å². The van der Waals surface area contributed by atoms with Gasteiger partial charge in [-0.3, -0.25) is 4.98 Å². The summed E-state index contributed by atoms with van der Waals surface area (Å²) < 4.78 is 0. The third-order valence-electron chi connectivity index (χ3n) is 0.847. The van der Waals surface area contributed by atoms with Crippen LogP contribution in [0.5, 0.6) is 0 Å². The van der Waals surface area contributed by atoms with E-state index in [-0.39, 0.29) is 0 Å². The summed E-state index contributed by atoms with van der Waals surface area (Å²) in [6, 6.07) is 3.94. The fraction of sp³-hybridized carbons (Fsp3) is 0.167. The first-order valence-electron chi connectivity index (χ1n) is 2.50. The molecule has 0 N–H and O–H groups in total. The third-order valence-corrected chi connectivity index (χ3v) is 0.847. The van der Waals surface area contributed by atoms with Crippen molar-refractivity contribution < 1.29 is 16.5 Å². The molecule has 1 aromatic rings. The van der Waals surface area contributed by atoms with E-state index in [0.717, 1.165) is 0 Å². The molecule has 0 unspecified atom stereocenters. The monoisotopic (exact) mass is 358 g/mol. The van der Waals surface area contributed by atoms with Gasteiger partial charge in [-0.25, -0.2) is 0 Å². The second-order valence-electron chi connectivity index (χ2n) is 1.57. The molecule has 0 spiro atoms. The van der Waals surface area contributed by atoms with Crippen molar-refractivity contribution in [3.05, 3.63) is 30.1 Å². The van der Waals surface area contributed by atoms with E-state index in [9.17, 15) is 0 Å². The Hall–Kier alpha value is 0.418. The number of hydrogen-bond donors (Lipinski definition) is 0. The molecule has 0 fully saturated rings. The zero-order valence-electron chi connectivity index (χ0n) is 5.33. The van der Waals surface area contributed by atoms with Crippen LogP contribution in [0.2, 0.25) is 0 Å². The zero-order chi connectivity index (χ0) is 7.82. The van der Waals surface area contributed by atoms with Gasteiger partial charge < -0.3 is 0 Å². The molecular formula is C6H7Cl2NPt. The molecule has 1 aromatic heterocycles. The molecule has 0 aliphatic heterocycles. The standard InChI is InChI=1S/C6H7N.2ClH.Pt/c1-6-2-4-7-5-3-6;;;/h2-5H,1H3;2*1H;/q;;;+2/p-2. The van der Waals surface area contributed by atoms with E-state index in [4.69, 9.17) is 18.8 Å². The molecule has 0 bridgehead atoms. The van der Waals surface area contributed by atoms with Gasteiger partial charge in [0.15, 0.2) is 0 Å². The summed E-state index contributed by atoms with van der Waals surface area (Å²) in [4.78, 5) is 3.85. The molecule has 1 heterocycles. The van der Waals surface area contributed by atoms with Crippen LogP contribution in [0.1, 0.15) is 5.56 Å². The number of aryl methyl sites for hydroxylation is 1. The van der Waals surface area contributed by atoms with Crippen LogP contribution in [-0.4, -0.2) is 4.98 Å². The predicted molar refractivity (Wildman–Crippen MR) is 40.7 cm³/mol. The van der Waals surface area contributed by atoms with E-state index in [0.29, 0.717) is 0 Å². The molecule has 0 aromatic carbocycles. The van der Waals surface area contributed by atoms with Gasteiger partial charge in [-0.15, -0.1) is 0 Å². The summed E-state index contributed by atoms with van der Waals surface area (Å²) in [5.74, 6) is 0. The van der Waals surface area contributed by atoms with E-state index in [1.807, 2.05) is 19.1 Å². The van der Waals surface area contributed by atoms with Gasteiger partial charge in [-0.05, 0) is 24.6 Å². The van der Waals surface area contributed by atoms with Crippen molar-refractivity contribution in [1.82, 2.24) is 4.98 Å². The van der Waals surface area contributed by atoms with E-state index in [1.165, 1.54) is 5.56 Å². The second kappa shape index (κ2) is 7.52. The Bertz CT molecular complexity index is 157. The van der Waals surface area contributed by atoms with E-state index in [1.54, 1.807) is 12.4 Å². The van der Waals surface area contributed by atoms with Crippen molar-refractivity contribution in [2.24, 2.45) is 0 Å². The number of rotatable bonds is 0. The van der Waals surface area contributed by atoms with Crippen molar-refractivity contribution in [3.8, 4) is 0 Å². The molecule has 0 radical (unpaired) electrons. The second-order valence-corrected chi connectivity index (χ2v) is 4.85. The van der Waals surface area contributed by atoms with Crippen LogP contribution in [0.4, 0.5) is 0 Å². The van der Waals surface area contributed by atoms with Crippen LogP contribution in [0, 0.1) is 6.92 Å². The fourth-order valence-corrected chi connectivity index (χ4v) is 0.426. The summed E-state index contributed by atoms with van der Waals surface area (Å²) in [5, 5.41) is 0. The SMILES string of the molecule is Cc1ccncc1.[Cl][Pt][Cl]. The number of hydrogen-bond acceptors (Lipinski definition) is 1. The van der Waals surface area contributed by atoms with Crippen LogP contribution in [0.3, 0.4) is 0 Å². The third kappa shape index (κ3) is 6.54. The summed E-state index contributed by atoms with van der Waals surface area (Å²) in [7, 11) is 9.75. The number of nitrogens with zero attached hydrogens (tertiary/aromatic N) is 1. The van der Waals surface area contributed by atoms with Crippen LogP contribution >= 0.6 is 18.8 Å². The van der Waals surface area contributed by atoms with Gasteiger partial charge in [0, 0.05) is 12.4 Å². The van der Waals surface area contributed by atoms with Gasteiger partial charge in [-0.1, -0.05) is 0 Å². The van der Waals surface area contributed by atoms with Crippen molar-refractivity contribution >= 4 is 18.8 Å². The number of halogens is 2. The topological polar surface area (TPSA) is 12.9 Å². The van der Waals surface area contributed by atoms with Crippen LogP contribution < -0.4 is 0 Å². The van der Waals surface area contributed by atoms with Gasteiger partial charge in [-0.2, -0.15) is 0 Å². The minimum absolute atomic E-state index is 0.472. The molecule has 0 saturated carbocycles. The quantitative estimate of drug-likeness (QED) is 0.694. The average molecular weight is 359 g/mol. The molecule has 1 rings (SSSR count). The van der Waals surface area contributed by atoms with Crippen molar-refractivity contribution in [3.63, 3.8) is 0 Å². The Balaban J connectivity index is 0.000000236. The molecule has 60 valence electrons. The van der Waals surface area contributed by atoms with E-state index in [2.05, 4.69) is 4.98 Å². The summed E-state index contributed by atoms with van der Waals surface area (Å²) >= 11 is -0.472. The predicted octanol–water partition coefficient (Wildman–Crippen LogP) is 2.77. The molecule has 0 aliphatic carbocycles. The molecule has 0 atom stereocenters. The Kier molecular flexibility index (Phi) is 7.84. The molecule has 0 saturated heterocycles. The van der Waals surface area contributed by atoms with Crippen molar-refractivity contribution in [2.75, 3.05) is 0 Å². The maximum absolute atomic E-state index is 4.88. The number of pyridine rings is 1. The van der Waals surface area contributed by atoms with Crippen LogP contribution in [0.25, 0.3) is 0 Å². The normalized spacial score (nSPS) is 8.30. The minimum atomic E-state index is -0.472.